The van der Waals surface area contributed by atoms with Crippen LogP contribution in [0.15, 0.2) is 24.3 Å². The molecule has 2 aliphatic heterocycles. The summed E-state index contributed by atoms with van der Waals surface area (Å²) in [6.07, 6.45) is 0.819. The molecule has 0 spiro atoms. The van der Waals surface area contributed by atoms with Crippen LogP contribution in [0.4, 0.5) is 0 Å². The summed E-state index contributed by atoms with van der Waals surface area (Å²) in [4.78, 5) is 14.4. The molecule has 2 saturated heterocycles. The highest BCUT2D eigenvalue weighted by atomic mass is 16.5. The number of carbonyl (C=O) groups is 1. The summed E-state index contributed by atoms with van der Waals surface area (Å²) >= 11 is 0. The van der Waals surface area contributed by atoms with Gasteiger partial charge >= 0.3 is 0 Å². The van der Waals surface area contributed by atoms with E-state index in [1.54, 1.807) is 7.11 Å². The van der Waals surface area contributed by atoms with Gasteiger partial charge in [-0.25, -0.2) is 0 Å². The molecule has 4 rings (SSSR count). The second-order valence-corrected chi connectivity index (χ2v) is 5.97. The maximum absolute atomic E-state index is 12.5. The van der Waals surface area contributed by atoms with Gasteiger partial charge in [-0.2, -0.15) is 0 Å². The summed E-state index contributed by atoms with van der Waals surface area (Å²) in [6, 6.07) is 8.06. The number of nitrogens with zero attached hydrogens (tertiary/aromatic N) is 1. The van der Waals surface area contributed by atoms with Gasteiger partial charge in [-0.05, 0) is 24.5 Å². The van der Waals surface area contributed by atoms with Crippen LogP contribution in [0.25, 0.3) is 0 Å². The lowest BCUT2D eigenvalue weighted by atomic mass is 10.1. The number of ether oxygens (including phenoxy) is 2. The number of rotatable bonds is 2. The highest BCUT2D eigenvalue weighted by molar-refractivity contribution is 5.89. The number of carbonyl (C=O) groups excluding carboxylic acids is 1. The van der Waals surface area contributed by atoms with Crippen LogP contribution in [0.3, 0.4) is 0 Å². The molecule has 0 aromatic heterocycles. The van der Waals surface area contributed by atoms with Gasteiger partial charge in [0.2, 0.25) is 5.91 Å². The largest absolute Gasteiger partial charge is 0.497 e. The molecule has 0 unspecified atom stereocenters. The number of benzene rings is 1. The number of hydrogen-bond donors (Lipinski definition) is 0. The van der Waals surface area contributed by atoms with E-state index in [0.29, 0.717) is 12.5 Å². The molecule has 0 N–H and O–H groups in total. The third-order valence-corrected chi connectivity index (χ3v) is 4.93. The van der Waals surface area contributed by atoms with Crippen LogP contribution in [-0.2, 0) is 9.53 Å². The Morgan fingerprint density at radius 1 is 1.37 bits per heavy atom. The molecule has 3 fully saturated rings. The number of hydrogen-bond acceptors (Lipinski definition) is 3. The van der Waals surface area contributed by atoms with Gasteiger partial charge in [0, 0.05) is 5.56 Å². The minimum atomic E-state index is -0.215. The topological polar surface area (TPSA) is 38.8 Å². The van der Waals surface area contributed by atoms with E-state index < -0.39 is 0 Å². The van der Waals surface area contributed by atoms with Crippen molar-refractivity contribution in [1.29, 1.82) is 0 Å². The van der Waals surface area contributed by atoms with E-state index in [-0.39, 0.29) is 23.6 Å². The summed E-state index contributed by atoms with van der Waals surface area (Å²) < 4.78 is 11.0. The Bertz CT molecular complexity index is 541. The van der Waals surface area contributed by atoms with Gasteiger partial charge in [-0.3, -0.25) is 4.79 Å². The SMILES string of the molecule is COc1ccc([C@H]2OC[C@@H]3[C@H]4C[C@]4(C)C(=O)N23)cc1. The molecule has 2 heterocycles. The van der Waals surface area contributed by atoms with E-state index in [0.717, 1.165) is 17.7 Å². The molecule has 4 heteroatoms. The monoisotopic (exact) mass is 259 g/mol. The van der Waals surface area contributed by atoms with Gasteiger partial charge in [0.1, 0.15) is 5.75 Å². The zero-order chi connectivity index (χ0) is 13.2. The highest BCUT2D eigenvalue weighted by Gasteiger charge is 2.70. The van der Waals surface area contributed by atoms with E-state index in [1.807, 2.05) is 29.2 Å². The normalized spacial score (nSPS) is 39.2. The molecule has 0 bridgehead atoms. The standard InChI is InChI=1S/C15H17NO3/c1-15-7-11(15)12-8-19-13(16(12)14(15)17)9-3-5-10(18-2)6-4-9/h3-6,11-13H,7-8H2,1-2H3/t11-,12-,13-,15+/m1/s1. The molecule has 1 amide bonds. The van der Waals surface area contributed by atoms with E-state index >= 15 is 0 Å². The molecule has 19 heavy (non-hydrogen) atoms. The van der Waals surface area contributed by atoms with Gasteiger partial charge in [0.05, 0.1) is 25.2 Å². The van der Waals surface area contributed by atoms with Crippen LogP contribution in [0.1, 0.15) is 25.1 Å². The number of piperidine rings is 1. The van der Waals surface area contributed by atoms with E-state index in [9.17, 15) is 4.79 Å². The van der Waals surface area contributed by atoms with Crippen molar-refractivity contribution in [3.8, 4) is 5.75 Å². The van der Waals surface area contributed by atoms with Gasteiger partial charge < -0.3 is 14.4 Å². The smallest absolute Gasteiger partial charge is 0.231 e. The fraction of sp³-hybridized carbons (Fsp3) is 0.533. The molecule has 1 aromatic carbocycles. The Kier molecular flexibility index (Phi) is 2.09. The predicted molar refractivity (Wildman–Crippen MR) is 68.5 cm³/mol. The van der Waals surface area contributed by atoms with Crippen LogP contribution in [0, 0.1) is 11.3 Å². The predicted octanol–water partition coefficient (Wildman–Crippen LogP) is 1.96. The minimum Gasteiger partial charge on any atom is -0.497 e. The van der Waals surface area contributed by atoms with Crippen LogP contribution in [0.2, 0.25) is 0 Å². The van der Waals surface area contributed by atoms with E-state index in [1.165, 1.54) is 0 Å². The molecule has 100 valence electrons. The first-order valence-corrected chi connectivity index (χ1v) is 6.73. The van der Waals surface area contributed by atoms with E-state index in [2.05, 4.69) is 6.92 Å². The third-order valence-electron chi connectivity index (χ3n) is 4.93. The second-order valence-electron chi connectivity index (χ2n) is 5.97. The van der Waals surface area contributed by atoms with Crippen molar-refractivity contribution >= 4 is 5.91 Å². The first-order valence-electron chi connectivity index (χ1n) is 6.73. The van der Waals surface area contributed by atoms with Crippen molar-refractivity contribution in [2.75, 3.05) is 13.7 Å². The van der Waals surface area contributed by atoms with Crippen molar-refractivity contribution in [1.82, 2.24) is 4.90 Å². The molecule has 3 aliphatic rings. The Labute approximate surface area is 112 Å². The Morgan fingerprint density at radius 2 is 2.11 bits per heavy atom. The maximum Gasteiger partial charge on any atom is 0.231 e. The lowest BCUT2D eigenvalue weighted by Gasteiger charge is -2.25. The van der Waals surface area contributed by atoms with Gasteiger partial charge in [0.25, 0.3) is 0 Å². The Morgan fingerprint density at radius 3 is 2.79 bits per heavy atom. The first kappa shape index (κ1) is 11.3. The molecule has 4 atom stereocenters. The van der Waals surface area contributed by atoms with Gasteiger partial charge in [-0.15, -0.1) is 0 Å². The van der Waals surface area contributed by atoms with Crippen molar-refractivity contribution in [3.05, 3.63) is 29.8 Å². The molecule has 0 radical (unpaired) electrons. The molecule has 1 saturated carbocycles. The average molecular weight is 259 g/mol. The minimum absolute atomic E-state index is 0.0980. The van der Waals surface area contributed by atoms with Crippen molar-refractivity contribution in [2.45, 2.75) is 25.6 Å². The first-order chi connectivity index (χ1) is 9.15. The van der Waals surface area contributed by atoms with Crippen LogP contribution >= 0.6 is 0 Å². The molecular formula is C15H17NO3. The van der Waals surface area contributed by atoms with Crippen LogP contribution in [-0.4, -0.2) is 30.6 Å². The number of methoxy groups -OCH3 is 1. The molecule has 4 nitrogen and oxygen atoms in total. The van der Waals surface area contributed by atoms with Crippen LogP contribution in [0.5, 0.6) is 5.75 Å². The summed E-state index contributed by atoms with van der Waals surface area (Å²) in [5.41, 5.74) is 0.931. The van der Waals surface area contributed by atoms with E-state index in [4.69, 9.17) is 9.47 Å². The van der Waals surface area contributed by atoms with Crippen molar-refractivity contribution in [3.63, 3.8) is 0 Å². The number of amides is 1. The molecule has 1 aliphatic carbocycles. The fourth-order valence-corrected chi connectivity index (χ4v) is 3.62. The quantitative estimate of drug-likeness (QED) is 0.815. The average Bonchev–Trinajstić information content (AvgIpc) is 2.87. The second kappa shape index (κ2) is 3.51. The molecular weight excluding hydrogens is 242 g/mol. The van der Waals surface area contributed by atoms with Crippen molar-refractivity contribution in [2.24, 2.45) is 11.3 Å². The number of fused-ring (bicyclic) bond motifs is 3. The fourth-order valence-electron chi connectivity index (χ4n) is 3.62. The summed E-state index contributed by atoms with van der Waals surface area (Å²) in [7, 11) is 1.65. The Hall–Kier alpha value is -1.55. The lowest BCUT2D eigenvalue weighted by molar-refractivity contribution is -0.139. The summed E-state index contributed by atoms with van der Waals surface area (Å²) in [6.45, 7) is 2.76. The summed E-state index contributed by atoms with van der Waals surface area (Å²) in [5.74, 6) is 1.59. The zero-order valence-electron chi connectivity index (χ0n) is 11.1. The zero-order valence-corrected chi connectivity index (χ0v) is 11.1. The Balaban J connectivity index is 1.64. The van der Waals surface area contributed by atoms with Gasteiger partial charge in [-0.1, -0.05) is 19.1 Å². The van der Waals surface area contributed by atoms with Gasteiger partial charge in [0.15, 0.2) is 6.23 Å². The molecule has 1 aromatic rings. The third kappa shape index (κ3) is 1.35. The summed E-state index contributed by atoms with van der Waals surface area (Å²) in [5, 5.41) is 0. The lowest BCUT2D eigenvalue weighted by Crippen LogP contribution is -2.35. The van der Waals surface area contributed by atoms with Crippen LogP contribution < -0.4 is 4.74 Å². The highest BCUT2D eigenvalue weighted by Crippen LogP contribution is 2.64. The maximum atomic E-state index is 12.5. The van der Waals surface area contributed by atoms with Crippen molar-refractivity contribution < 1.29 is 14.3 Å².